The van der Waals surface area contributed by atoms with Crippen molar-refractivity contribution in [3.05, 3.63) is 90.5 Å². The number of carbonyl (C=O) groups excluding carboxylic acids is 1. The number of esters is 1. The summed E-state index contributed by atoms with van der Waals surface area (Å²) in [5.74, 6) is -2.41. The smallest absolute Gasteiger partial charge is 0.315 e. The van der Waals surface area contributed by atoms with Crippen molar-refractivity contribution < 1.29 is 19.4 Å². The quantitative estimate of drug-likeness (QED) is 0.444. The fourth-order valence-corrected chi connectivity index (χ4v) is 4.64. The Bertz CT molecular complexity index is 1030. The largest absolute Gasteiger partial charge is 0.481 e. The first kappa shape index (κ1) is 19.9. The van der Waals surface area contributed by atoms with Gasteiger partial charge in [0.15, 0.2) is 0 Å². The van der Waals surface area contributed by atoms with Crippen molar-refractivity contribution in [2.45, 2.75) is 19.3 Å². The maximum Gasteiger partial charge on any atom is 0.315 e. The van der Waals surface area contributed by atoms with E-state index in [-0.39, 0.29) is 17.8 Å². The number of rotatable bonds is 6. The summed E-state index contributed by atoms with van der Waals surface area (Å²) >= 11 is 0. The molecule has 4 heteroatoms. The fraction of sp³-hybridized carbons (Fsp3) is 0.231. The summed E-state index contributed by atoms with van der Waals surface area (Å²) in [7, 11) is 0. The van der Waals surface area contributed by atoms with Gasteiger partial charge in [-0.05, 0) is 34.7 Å². The van der Waals surface area contributed by atoms with Gasteiger partial charge in [-0.3, -0.25) is 9.59 Å². The Hall–Kier alpha value is -3.40. The number of benzene rings is 3. The lowest BCUT2D eigenvalue weighted by Gasteiger charge is -2.48. The second-order valence-electron chi connectivity index (χ2n) is 7.71. The van der Waals surface area contributed by atoms with Crippen LogP contribution < -0.4 is 4.74 Å². The van der Waals surface area contributed by atoms with Gasteiger partial charge in [-0.1, -0.05) is 86.1 Å². The Balaban J connectivity index is 1.59. The van der Waals surface area contributed by atoms with E-state index in [4.69, 9.17) is 4.74 Å². The van der Waals surface area contributed by atoms with Gasteiger partial charge in [0, 0.05) is 5.92 Å². The molecule has 0 heterocycles. The van der Waals surface area contributed by atoms with E-state index in [0.717, 1.165) is 16.7 Å². The Kier molecular flexibility index (Phi) is 5.66. The van der Waals surface area contributed by atoms with Crippen molar-refractivity contribution in [3.8, 4) is 16.9 Å². The van der Waals surface area contributed by atoms with E-state index >= 15 is 0 Å². The number of hydrogen-bond donors (Lipinski definition) is 1. The summed E-state index contributed by atoms with van der Waals surface area (Å²) in [5.41, 5.74) is 2.87. The van der Waals surface area contributed by atoms with Crippen molar-refractivity contribution in [2.24, 2.45) is 17.8 Å². The second-order valence-corrected chi connectivity index (χ2v) is 7.71. The van der Waals surface area contributed by atoms with Gasteiger partial charge in [0.2, 0.25) is 0 Å². The standard InChI is InChI=1S/C26H24O4/c1-2-21-23(25(27)28)22(18-12-7-4-8-13-18)24(21)26(29)30-20-15-9-14-19(16-20)17-10-5-3-6-11-17/h3-16,21-24H,2H2,1H3,(H,27,28)/t21?,22?,23?,24-/m1/s1. The summed E-state index contributed by atoms with van der Waals surface area (Å²) in [5, 5.41) is 9.77. The SMILES string of the molecule is CCC1C(C(=O)O)C(c2ccccc2)[C@@H]1C(=O)Oc1cccc(-c2ccccc2)c1. The number of carboxylic acids is 1. The van der Waals surface area contributed by atoms with E-state index in [1.165, 1.54) is 0 Å². The number of ether oxygens (including phenoxy) is 1. The zero-order valence-corrected chi connectivity index (χ0v) is 16.8. The van der Waals surface area contributed by atoms with Crippen LogP contribution in [0.15, 0.2) is 84.9 Å². The molecule has 3 unspecified atom stereocenters. The summed E-state index contributed by atoms with van der Waals surface area (Å²) in [4.78, 5) is 25.1. The molecule has 152 valence electrons. The van der Waals surface area contributed by atoms with Crippen molar-refractivity contribution in [3.63, 3.8) is 0 Å². The topological polar surface area (TPSA) is 63.6 Å². The normalized spacial score (nSPS) is 22.7. The lowest BCUT2D eigenvalue weighted by Crippen LogP contribution is -2.53. The monoisotopic (exact) mass is 400 g/mol. The third kappa shape index (κ3) is 3.73. The molecule has 1 saturated carbocycles. The Labute approximate surface area is 176 Å². The average Bonchev–Trinajstić information content (AvgIpc) is 2.74. The molecular weight excluding hydrogens is 376 g/mol. The zero-order valence-electron chi connectivity index (χ0n) is 16.8. The summed E-state index contributed by atoms with van der Waals surface area (Å²) in [6, 6.07) is 26.7. The highest BCUT2D eigenvalue weighted by molar-refractivity contribution is 5.84. The summed E-state index contributed by atoms with van der Waals surface area (Å²) in [6.45, 7) is 1.93. The van der Waals surface area contributed by atoms with Crippen LogP contribution in [0.1, 0.15) is 24.8 Å². The lowest BCUT2D eigenvalue weighted by atomic mass is 9.53. The third-order valence-electron chi connectivity index (χ3n) is 6.07. The molecule has 30 heavy (non-hydrogen) atoms. The molecule has 0 bridgehead atoms. The Morgan fingerprint density at radius 1 is 0.833 bits per heavy atom. The molecule has 1 aliphatic carbocycles. The van der Waals surface area contributed by atoms with E-state index in [0.29, 0.717) is 12.2 Å². The highest BCUT2D eigenvalue weighted by Crippen LogP contribution is 2.54. The predicted molar refractivity (Wildman–Crippen MR) is 115 cm³/mol. The van der Waals surface area contributed by atoms with Crippen molar-refractivity contribution >= 4 is 11.9 Å². The van der Waals surface area contributed by atoms with Gasteiger partial charge in [0.25, 0.3) is 0 Å². The van der Waals surface area contributed by atoms with E-state index in [9.17, 15) is 14.7 Å². The molecule has 3 aromatic rings. The maximum atomic E-state index is 13.1. The van der Waals surface area contributed by atoms with E-state index in [1.54, 1.807) is 6.07 Å². The second kappa shape index (κ2) is 8.54. The molecule has 1 aliphatic rings. The molecule has 4 rings (SSSR count). The van der Waals surface area contributed by atoms with E-state index < -0.39 is 17.8 Å². The molecule has 4 nitrogen and oxygen atoms in total. The summed E-state index contributed by atoms with van der Waals surface area (Å²) < 4.78 is 5.76. The minimum atomic E-state index is -0.856. The highest BCUT2D eigenvalue weighted by atomic mass is 16.5. The molecule has 0 aromatic heterocycles. The molecule has 0 saturated heterocycles. The van der Waals surface area contributed by atoms with Gasteiger partial charge in [-0.25, -0.2) is 0 Å². The van der Waals surface area contributed by atoms with Crippen LogP contribution in [0.3, 0.4) is 0 Å². The van der Waals surface area contributed by atoms with Crippen LogP contribution >= 0.6 is 0 Å². The maximum absolute atomic E-state index is 13.1. The molecule has 0 radical (unpaired) electrons. The van der Waals surface area contributed by atoms with Crippen LogP contribution in [0, 0.1) is 17.8 Å². The molecule has 4 atom stereocenters. The Morgan fingerprint density at radius 3 is 2.10 bits per heavy atom. The third-order valence-corrected chi connectivity index (χ3v) is 6.07. The van der Waals surface area contributed by atoms with Crippen LogP contribution in [-0.4, -0.2) is 17.0 Å². The van der Waals surface area contributed by atoms with Gasteiger partial charge < -0.3 is 9.84 Å². The highest BCUT2D eigenvalue weighted by Gasteiger charge is 2.57. The first-order valence-electron chi connectivity index (χ1n) is 10.2. The van der Waals surface area contributed by atoms with Gasteiger partial charge in [0.1, 0.15) is 5.75 Å². The number of carboxylic acid groups (broad SMARTS) is 1. The first-order chi connectivity index (χ1) is 14.6. The van der Waals surface area contributed by atoms with Crippen LogP contribution in [0.25, 0.3) is 11.1 Å². The van der Waals surface area contributed by atoms with Crippen molar-refractivity contribution in [1.82, 2.24) is 0 Å². The molecule has 1 fully saturated rings. The zero-order chi connectivity index (χ0) is 21.1. The number of carbonyl (C=O) groups is 2. The molecular formula is C26H24O4. The van der Waals surface area contributed by atoms with Crippen molar-refractivity contribution in [1.29, 1.82) is 0 Å². The number of aliphatic carboxylic acids is 1. The van der Waals surface area contributed by atoms with Gasteiger partial charge in [-0.2, -0.15) is 0 Å². The predicted octanol–water partition coefficient (Wildman–Crippen LogP) is 5.40. The summed E-state index contributed by atoms with van der Waals surface area (Å²) in [6.07, 6.45) is 0.615. The van der Waals surface area contributed by atoms with Crippen LogP contribution in [0.2, 0.25) is 0 Å². The van der Waals surface area contributed by atoms with Crippen LogP contribution in [-0.2, 0) is 9.59 Å². The van der Waals surface area contributed by atoms with E-state index in [2.05, 4.69) is 0 Å². The molecule has 3 aromatic carbocycles. The fourth-order valence-electron chi connectivity index (χ4n) is 4.64. The molecule has 0 amide bonds. The molecule has 0 aliphatic heterocycles. The Morgan fingerprint density at radius 2 is 1.47 bits per heavy atom. The van der Waals surface area contributed by atoms with Gasteiger partial charge in [0.05, 0.1) is 11.8 Å². The van der Waals surface area contributed by atoms with Crippen molar-refractivity contribution in [2.75, 3.05) is 0 Å². The molecule has 0 spiro atoms. The lowest BCUT2D eigenvalue weighted by molar-refractivity contribution is -0.164. The van der Waals surface area contributed by atoms with Crippen LogP contribution in [0.5, 0.6) is 5.75 Å². The van der Waals surface area contributed by atoms with Gasteiger partial charge in [-0.15, -0.1) is 0 Å². The van der Waals surface area contributed by atoms with Crippen LogP contribution in [0.4, 0.5) is 0 Å². The molecule has 1 N–H and O–H groups in total. The first-order valence-corrected chi connectivity index (χ1v) is 10.2. The minimum absolute atomic E-state index is 0.238. The minimum Gasteiger partial charge on any atom is -0.481 e. The van der Waals surface area contributed by atoms with E-state index in [1.807, 2.05) is 85.8 Å². The average molecular weight is 400 g/mol. The number of hydrogen-bond acceptors (Lipinski definition) is 3. The van der Waals surface area contributed by atoms with Gasteiger partial charge >= 0.3 is 11.9 Å².